The van der Waals surface area contributed by atoms with Gasteiger partial charge in [0.2, 0.25) is 0 Å². The molecule has 2 unspecified atom stereocenters. The van der Waals surface area contributed by atoms with Crippen LogP contribution in [0.1, 0.15) is 155 Å². The van der Waals surface area contributed by atoms with Crippen LogP contribution < -0.4 is 0 Å². The minimum atomic E-state index is -4.41. The third-order valence-electron chi connectivity index (χ3n) is 9.86. The Bertz CT molecular complexity index is 1650. The van der Waals surface area contributed by atoms with Crippen LogP contribution in [0.4, 0.5) is 0 Å². The summed E-state index contributed by atoms with van der Waals surface area (Å²) < 4.78 is 34.3. The number of allylic oxidation sites excluding steroid dienone is 24. The number of nitrogens with zero attached hydrogens (tertiary/aromatic N) is 1. The van der Waals surface area contributed by atoms with Crippen molar-refractivity contribution in [2.24, 2.45) is 0 Å². The fourth-order valence-electron chi connectivity index (χ4n) is 5.96. The van der Waals surface area contributed by atoms with Gasteiger partial charge in [0.1, 0.15) is 19.8 Å². The van der Waals surface area contributed by atoms with Crippen molar-refractivity contribution < 1.29 is 42.1 Å². The zero-order chi connectivity index (χ0) is 49.9. The number of quaternary nitrogens is 1. The Morgan fingerprint density at radius 3 is 1.19 bits per heavy atom. The Morgan fingerprint density at radius 1 is 0.456 bits per heavy atom. The highest BCUT2D eigenvalue weighted by molar-refractivity contribution is 7.47. The second kappa shape index (κ2) is 47.9. The molecule has 0 rings (SSSR count). The molecule has 382 valence electrons. The molecule has 9 nitrogen and oxygen atoms in total. The summed E-state index contributed by atoms with van der Waals surface area (Å²) >= 11 is 0. The normalized spacial score (nSPS) is 14.6. The number of ether oxygens (including phenoxy) is 2. The van der Waals surface area contributed by atoms with Gasteiger partial charge in [-0.1, -0.05) is 173 Å². The molecule has 0 aromatic heterocycles. The van der Waals surface area contributed by atoms with Crippen molar-refractivity contribution in [3.05, 3.63) is 146 Å². The molecule has 0 bridgehead atoms. The SMILES string of the molecule is CC/C=C\C/C=C\C/C=C\C/C=C\C/C=C\C/C=C\C/C=C\C/C=C\CCCCCCC(=O)OC(COC(=O)CCCC/C=C\C/C=C\C/C=C\C/C=C\CC)COP(=O)(O)OCC[N+](C)(C)C. The summed E-state index contributed by atoms with van der Waals surface area (Å²) in [4.78, 5) is 35.5. The van der Waals surface area contributed by atoms with Gasteiger partial charge in [0.15, 0.2) is 6.10 Å². The van der Waals surface area contributed by atoms with E-state index in [2.05, 4.69) is 160 Å². The number of carbonyl (C=O) groups excluding carboxylic acids is 2. The number of carbonyl (C=O) groups is 2. The lowest BCUT2D eigenvalue weighted by molar-refractivity contribution is -0.870. The molecule has 10 heteroatoms. The molecule has 0 aliphatic rings. The maximum Gasteiger partial charge on any atom is 0.472 e. The van der Waals surface area contributed by atoms with E-state index in [-0.39, 0.29) is 26.1 Å². The molecule has 0 aromatic carbocycles. The van der Waals surface area contributed by atoms with Crippen molar-refractivity contribution in [3.63, 3.8) is 0 Å². The van der Waals surface area contributed by atoms with Crippen LogP contribution in [0.25, 0.3) is 0 Å². The number of hydrogen-bond acceptors (Lipinski definition) is 7. The first-order chi connectivity index (χ1) is 33.0. The van der Waals surface area contributed by atoms with E-state index in [1.54, 1.807) is 0 Å². The Hall–Kier alpha value is -4.11. The Morgan fingerprint density at radius 2 is 0.794 bits per heavy atom. The molecule has 0 saturated carbocycles. The van der Waals surface area contributed by atoms with E-state index < -0.39 is 32.5 Å². The van der Waals surface area contributed by atoms with Crippen LogP contribution in [-0.4, -0.2) is 74.9 Å². The van der Waals surface area contributed by atoms with Crippen LogP contribution in [0.3, 0.4) is 0 Å². The molecular weight excluding hydrogens is 870 g/mol. The molecule has 0 saturated heterocycles. The first kappa shape index (κ1) is 63.9. The van der Waals surface area contributed by atoms with Crippen LogP contribution in [0.15, 0.2) is 146 Å². The standard InChI is InChI=1S/C58H92NO8P/c1-6-8-10-12-14-16-18-20-22-23-24-25-26-27-28-29-30-31-32-33-34-35-37-39-41-43-45-47-49-51-58(61)67-56(55-66-68(62,63)65-53-52-59(3,4)5)54-64-57(60)50-48-46-44-42-40-38-36-21-19-17-15-13-11-9-7-2/h8-11,14-17,20-22,24-25,27-28,30-31,33-34,36-37,39-40,42,56H,6-7,12-13,18-19,23,26,29,32,35,38,41,43-55H2,1-5H3/p+1/b10-8-,11-9-,16-14-,17-15-,22-20-,25-24-,28-27-,31-30-,34-33-,36-21-,39-37-,42-40-. The first-order valence-electron chi connectivity index (χ1n) is 25.6. The third-order valence-corrected chi connectivity index (χ3v) is 10.8. The summed E-state index contributed by atoms with van der Waals surface area (Å²) in [6.07, 6.45) is 70.5. The fraction of sp³-hybridized carbons (Fsp3) is 0.552. The second-order valence-electron chi connectivity index (χ2n) is 17.4. The van der Waals surface area contributed by atoms with Crippen molar-refractivity contribution >= 4 is 19.8 Å². The van der Waals surface area contributed by atoms with E-state index in [9.17, 15) is 19.0 Å². The fourth-order valence-corrected chi connectivity index (χ4v) is 6.70. The molecule has 0 spiro atoms. The van der Waals surface area contributed by atoms with Crippen LogP contribution >= 0.6 is 7.82 Å². The van der Waals surface area contributed by atoms with E-state index in [1.165, 1.54) is 0 Å². The first-order valence-corrected chi connectivity index (χ1v) is 27.1. The molecule has 0 fully saturated rings. The minimum Gasteiger partial charge on any atom is -0.462 e. The second-order valence-corrected chi connectivity index (χ2v) is 18.9. The van der Waals surface area contributed by atoms with Gasteiger partial charge in [-0.05, 0) is 116 Å². The van der Waals surface area contributed by atoms with E-state index in [0.717, 1.165) is 116 Å². The van der Waals surface area contributed by atoms with Gasteiger partial charge in [0, 0.05) is 12.8 Å². The molecule has 0 heterocycles. The maximum atomic E-state index is 12.8. The topological polar surface area (TPSA) is 108 Å². The lowest BCUT2D eigenvalue weighted by atomic mass is 10.1. The number of phosphoric ester groups is 1. The van der Waals surface area contributed by atoms with E-state index in [4.69, 9.17) is 18.5 Å². The number of phosphoric acid groups is 1. The maximum absolute atomic E-state index is 12.8. The molecular formula is C58H93NO8P+. The summed E-state index contributed by atoms with van der Waals surface area (Å²) in [5.41, 5.74) is 0. The van der Waals surface area contributed by atoms with Crippen molar-refractivity contribution in [1.82, 2.24) is 0 Å². The molecule has 0 radical (unpaired) electrons. The van der Waals surface area contributed by atoms with Crippen molar-refractivity contribution in [1.29, 1.82) is 0 Å². The highest BCUT2D eigenvalue weighted by Gasteiger charge is 2.27. The predicted octanol–water partition coefficient (Wildman–Crippen LogP) is 15.6. The van der Waals surface area contributed by atoms with Gasteiger partial charge < -0.3 is 18.9 Å². The van der Waals surface area contributed by atoms with Gasteiger partial charge in [0.05, 0.1) is 27.7 Å². The molecule has 68 heavy (non-hydrogen) atoms. The zero-order valence-electron chi connectivity index (χ0n) is 43.0. The molecule has 1 N–H and O–H groups in total. The number of esters is 2. The van der Waals surface area contributed by atoms with E-state index in [1.807, 2.05) is 21.1 Å². The highest BCUT2D eigenvalue weighted by atomic mass is 31.2. The average Bonchev–Trinajstić information content (AvgIpc) is 3.30. The summed E-state index contributed by atoms with van der Waals surface area (Å²) in [6, 6.07) is 0. The molecule has 2 atom stereocenters. The minimum absolute atomic E-state index is 0.0101. The van der Waals surface area contributed by atoms with E-state index in [0.29, 0.717) is 23.9 Å². The van der Waals surface area contributed by atoms with Gasteiger partial charge in [-0.25, -0.2) is 4.57 Å². The van der Waals surface area contributed by atoms with Crippen molar-refractivity contribution in [2.45, 2.75) is 161 Å². The lowest BCUT2D eigenvalue weighted by Crippen LogP contribution is -2.37. The largest absolute Gasteiger partial charge is 0.472 e. The van der Waals surface area contributed by atoms with Crippen molar-refractivity contribution in [3.8, 4) is 0 Å². The monoisotopic (exact) mass is 963 g/mol. The van der Waals surface area contributed by atoms with Crippen LogP contribution in [-0.2, 0) is 32.7 Å². The lowest BCUT2D eigenvalue weighted by Gasteiger charge is -2.24. The summed E-state index contributed by atoms with van der Waals surface area (Å²) in [6.45, 7) is 4.08. The Labute approximate surface area is 414 Å². The van der Waals surface area contributed by atoms with Gasteiger partial charge in [0.25, 0.3) is 0 Å². The van der Waals surface area contributed by atoms with Crippen LogP contribution in [0, 0.1) is 0 Å². The van der Waals surface area contributed by atoms with Gasteiger partial charge >= 0.3 is 19.8 Å². The van der Waals surface area contributed by atoms with Crippen LogP contribution in [0.5, 0.6) is 0 Å². The molecule has 0 aromatic rings. The number of unbranched alkanes of at least 4 members (excludes halogenated alkanes) is 6. The summed E-state index contributed by atoms with van der Waals surface area (Å²) in [5, 5.41) is 0. The molecule has 0 amide bonds. The van der Waals surface area contributed by atoms with E-state index >= 15 is 0 Å². The summed E-state index contributed by atoms with van der Waals surface area (Å²) in [7, 11) is 1.41. The molecule has 0 aliphatic heterocycles. The smallest absolute Gasteiger partial charge is 0.462 e. The third kappa shape index (κ3) is 51.3. The average molecular weight is 963 g/mol. The Balaban J connectivity index is 4.38. The Kier molecular flexibility index (Phi) is 45.0. The highest BCUT2D eigenvalue weighted by Crippen LogP contribution is 2.43. The van der Waals surface area contributed by atoms with Gasteiger partial charge in [-0.3, -0.25) is 18.6 Å². The number of hydrogen-bond donors (Lipinski definition) is 1. The van der Waals surface area contributed by atoms with Gasteiger partial charge in [-0.2, -0.15) is 0 Å². The van der Waals surface area contributed by atoms with Crippen molar-refractivity contribution in [2.75, 3.05) is 47.5 Å². The quantitative estimate of drug-likeness (QED) is 0.0211. The number of likely N-dealkylation sites (N-methyl/N-ethyl adjacent to an activating group) is 1. The van der Waals surface area contributed by atoms with Crippen LogP contribution in [0.2, 0.25) is 0 Å². The van der Waals surface area contributed by atoms with Gasteiger partial charge in [-0.15, -0.1) is 0 Å². The summed E-state index contributed by atoms with van der Waals surface area (Å²) in [5.74, 6) is -0.893. The predicted molar refractivity (Wildman–Crippen MR) is 288 cm³/mol. The number of rotatable bonds is 44. The zero-order valence-corrected chi connectivity index (χ0v) is 43.9. The molecule has 0 aliphatic carbocycles.